The molecule has 0 aliphatic rings. The van der Waals surface area contributed by atoms with Gasteiger partial charge in [-0.15, -0.1) is 0 Å². The van der Waals surface area contributed by atoms with E-state index < -0.39 is 5.97 Å². The first kappa shape index (κ1) is 14.7. The number of rotatable bonds is 6. The van der Waals surface area contributed by atoms with Gasteiger partial charge in [0.15, 0.2) is 0 Å². The third-order valence-electron chi connectivity index (χ3n) is 3.09. The Morgan fingerprint density at radius 1 is 1.40 bits per heavy atom. The summed E-state index contributed by atoms with van der Waals surface area (Å²) >= 11 is 1.82. The number of anilines is 1. The summed E-state index contributed by atoms with van der Waals surface area (Å²) in [4.78, 5) is 15.5. The van der Waals surface area contributed by atoms with Gasteiger partial charge in [-0.2, -0.15) is 11.8 Å². The van der Waals surface area contributed by atoms with Crippen molar-refractivity contribution >= 4 is 34.3 Å². The van der Waals surface area contributed by atoms with Crippen LogP contribution >= 0.6 is 11.8 Å². The standard InChI is InChI=1S/C15H18N2O2S/c1-10(9-20-2)7-16-14-12-6-4-3-5-11(12)13(8-17-14)15(18)19/h3-6,8,10H,7,9H2,1-2H3,(H,16,17)(H,18,19). The lowest BCUT2D eigenvalue weighted by Gasteiger charge is -2.14. The van der Waals surface area contributed by atoms with Crippen LogP contribution in [0.25, 0.3) is 10.8 Å². The normalized spacial score (nSPS) is 12.3. The molecule has 1 unspecified atom stereocenters. The molecular formula is C15H18N2O2S. The Hall–Kier alpha value is -1.75. The quantitative estimate of drug-likeness (QED) is 0.854. The number of pyridine rings is 1. The van der Waals surface area contributed by atoms with E-state index in [-0.39, 0.29) is 5.56 Å². The van der Waals surface area contributed by atoms with Crippen LogP contribution in [-0.4, -0.2) is 34.6 Å². The first-order chi connectivity index (χ1) is 9.63. The second kappa shape index (κ2) is 6.61. The van der Waals surface area contributed by atoms with Crippen LogP contribution in [0.1, 0.15) is 17.3 Å². The van der Waals surface area contributed by atoms with Gasteiger partial charge in [0.25, 0.3) is 0 Å². The van der Waals surface area contributed by atoms with Crippen LogP contribution in [0, 0.1) is 5.92 Å². The molecule has 2 N–H and O–H groups in total. The van der Waals surface area contributed by atoms with Gasteiger partial charge in [-0.3, -0.25) is 0 Å². The lowest BCUT2D eigenvalue weighted by Crippen LogP contribution is -2.14. The number of aromatic nitrogens is 1. The summed E-state index contributed by atoms with van der Waals surface area (Å²) in [6.45, 7) is 3.00. The fourth-order valence-electron chi connectivity index (χ4n) is 2.12. The monoisotopic (exact) mass is 290 g/mol. The molecule has 0 aliphatic carbocycles. The second-order valence-electron chi connectivity index (χ2n) is 4.81. The third kappa shape index (κ3) is 3.22. The van der Waals surface area contributed by atoms with Crippen molar-refractivity contribution in [1.82, 2.24) is 4.98 Å². The van der Waals surface area contributed by atoms with Crippen LogP contribution in [-0.2, 0) is 0 Å². The number of fused-ring (bicyclic) bond motifs is 1. The van der Waals surface area contributed by atoms with E-state index in [0.29, 0.717) is 5.92 Å². The zero-order chi connectivity index (χ0) is 14.5. The van der Waals surface area contributed by atoms with Crippen molar-refractivity contribution in [3.8, 4) is 0 Å². The fourth-order valence-corrected chi connectivity index (χ4v) is 2.81. The molecule has 1 atom stereocenters. The van der Waals surface area contributed by atoms with Crippen molar-refractivity contribution in [2.75, 3.05) is 23.9 Å². The first-order valence-corrected chi connectivity index (χ1v) is 7.86. The third-order valence-corrected chi connectivity index (χ3v) is 4.00. The minimum atomic E-state index is -0.948. The largest absolute Gasteiger partial charge is 0.478 e. The molecule has 106 valence electrons. The van der Waals surface area contributed by atoms with Crippen molar-refractivity contribution in [2.45, 2.75) is 6.92 Å². The van der Waals surface area contributed by atoms with Gasteiger partial charge in [0.05, 0.1) is 5.56 Å². The average Bonchev–Trinajstić information content (AvgIpc) is 2.44. The molecule has 0 saturated heterocycles. The van der Waals surface area contributed by atoms with Crippen molar-refractivity contribution in [2.24, 2.45) is 5.92 Å². The predicted octanol–water partition coefficient (Wildman–Crippen LogP) is 3.34. The maximum atomic E-state index is 11.2. The first-order valence-electron chi connectivity index (χ1n) is 6.47. The molecule has 0 fully saturated rings. The van der Waals surface area contributed by atoms with Gasteiger partial charge >= 0.3 is 5.97 Å². The van der Waals surface area contributed by atoms with E-state index in [2.05, 4.69) is 23.5 Å². The van der Waals surface area contributed by atoms with Crippen LogP contribution in [0.3, 0.4) is 0 Å². The highest BCUT2D eigenvalue weighted by molar-refractivity contribution is 7.98. The molecule has 5 heteroatoms. The minimum absolute atomic E-state index is 0.239. The second-order valence-corrected chi connectivity index (χ2v) is 5.72. The molecule has 1 heterocycles. The average molecular weight is 290 g/mol. The molecule has 0 amide bonds. The van der Waals surface area contributed by atoms with Crippen LogP contribution in [0.15, 0.2) is 30.5 Å². The van der Waals surface area contributed by atoms with E-state index in [1.165, 1.54) is 6.20 Å². The summed E-state index contributed by atoms with van der Waals surface area (Å²) in [5.74, 6) is 1.41. The fraction of sp³-hybridized carbons (Fsp3) is 0.333. The van der Waals surface area contributed by atoms with Crippen molar-refractivity contribution < 1.29 is 9.90 Å². The van der Waals surface area contributed by atoms with Gasteiger partial charge < -0.3 is 10.4 Å². The van der Waals surface area contributed by atoms with E-state index in [0.717, 1.165) is 28.9 Å². The van der Waals surface area contributed by atoms with E-state index in [1.807, 2.05) is 36.0 Å². The molecule has 0 spiro atoms. The number of carboxylic acid groups (broad SMARTS) is 1. The molecule has 0 saturated carbocycles. The molecule has 20 heavy (non-hydrogen) atoms. The van der Waals surface area contributed by atoms with Crippen molar-refractivity contribution in [3.05, 3.63) is 36.0 Å². The highest BCUT2D eigenvalue weighted by Crippen LogP contribution is 2.24. The van der Waals surface area contributed by atoms with Crippen molar-refractivity contribution in [3.63, 3.8) is 0 Å². The van der Waals surface area contributed by atoms with Crippen LogP contribution < -0.4 is 5.32 Å². The summed E-state index contributed by atoms with van der Waals surface area (Å²) in [7, 11) is 0. The van der Waals surface area contributed by atoms with Gasteiger partial charge in [-0.05, 0) is 17.9 Å². The zero-order valence-corrected chi connectivity index (χ0v) is 12.4. The van der Waals surface area contributed by atoms with Crippen LogP contribution in [0.5, 0.6) is 0 Å². The molecule has 4 nitrogen and oxygen atoms in total. The summed E-state index contributed by atoms with van der Waals surface area (Å²) in [5, 5.41) is 14.1. The zero-order valence-electron chi connectivity index (χ0n) is 11.6. The summed E-state index contributed by atoms with van der Waals surface area (Å²) in [6.07, 6.45) is 3.51. The molecule has 2 aromatic rings. The number of hydrogen-bond acceptors (Lipinski definition) is 4. The maximum absolute atomic E-state index is 11.2. The van der Waals surface area contributed by atoms with Crippen LogP contribution in [0.2, 0.25) is 0 Å². The van der Waals surface area contributed by atoms with Gasteiger partial charge in [-0.25, -0.2) is 9.78 Å². The summed E-state index contributed by atoms with van der Waals surface area (Å²) in [5.41, 5.74) is 0.239. The van der Waals surface area contributed by atoms with Gasteiger partial charge in [0.1, 0.15) is 5.82 Å². The van der Waals surface area contributed by atoms with E-state index in [4.69, 9.17) is 0 Å². The van der Waals surface area contributed by atoms with Gasteiger partial charge in [-0.1, -0.05) is 31.2 Å². The highest BCUT2D eigenvalue weighted by atomic mass is 32.2. The molecule has 0 bridgehead atoms. The molecular weight excluding hydrogens is 272 g/mol. The Kier molecular flexibility index (Phi) is 4.84. The smallest absolute Gasteiger partial charge is 0.337 e. The predicted molar refractivity (Wildman–Crippen MR) is 84.7 cm³/mol. The van der Waals surface area contributed by atoms with E-state index >= 15 is 0 Å². The maximum Gasteiger partial charge on any atom is 0.337 e. The SMILES string of the molecule is CSCC(C)CNc1ncc(C(=O)O)c2ccccc12. The molecule has 0 aliphatic heterocycles. The molecule has 1 aromatic carbocycles. The number of carboxylic acids is 1. The number of nitrogens with one attached hydrogen (secondary N) is 1. The summed E-state index contributed by atoms with van der Waals surface area (Å²) in [6, 6.07) is 7.45. The number of carbonyl (C=O) groups is 1. The van der Waals surface area contributed by atoms with E-state index in [9.17, 15) is 9.90 Å². The van der Waals surface area contributed by atoms with Crippen molar-refractivity contribution in [1.29, 1.82) is 0 Å². The van der Waals surface area contributed by atoms with E-state index in [1.54, 1.807) is 0 Å². The lowest BCUT2D eigenvalue weighted by atomic mass is 10.1. The Morgan fingerprint density at radius 3 is 2.75 bits per heavy atom. The van der Waals surface area contributed by atoms with Gasteiger partial charge in [0, 0.05) is 23.5 Å². The Bertz CT molecular complexity index is 616. The Labute approximate surface area is 122 Å². The highest BCUT2D eigenvalue weighted by Gasteiger charge is 2.12. The lowest BCUT2D eigenvalue weighted by molar-refractivity contribution is 0.0698. The summed E-state index contributed by atoms with van der Waals surface area (Å²) < 4.78 is 0. The number of thioether (sulfide) groups is 1. The number of hydrogen-bond donors (Lipinski definition) is 2. The molecule has 1 aromatic heterocycles. The Morgan fingerprint density at radius 2 is 2.10 bits per heavy atom. The molecule has 2 rings (SSSR count). The number of benzene rings is 1. The molecule has 0 radical (unpaired) electrons. The number of aromatic carboxylic acids is 1. The Balaban J connectivity index is 2.31. The minimum Gasteiger partial charge on any atom is -0.478 e. The van der Waals surface area contributed by atoms with Crippen LogP contribution in [0.4, 0.5) is 5.82 Å². The number of nitrogens with zero attached hydrogens (tertiary/aromatic N) is 1. The topological polar surface area (TPSA) is 62.2 Å². The van der Waals surface area contributed by atoms with Gasteiger partial charge in [0.2, 0.25) is 0 Å².